The second kappa shape index (κ2) is 4.51. The monoisotopic (exact) mass is 242 g/mol. The van der Waals surface area contributed by atoms with E-state index in [4.69, 9.17) is 15.9 Å². The van der Waals surface area contributed by atoms with E-state index in [0.29, 0.717) is 0 Å². The first-order valence-corrected chi connectivity index (χ1v) is 4.95. The predicted octanol–water partition coefficient (Wildman–Crippen LogP) is 2.62. The van der Waals surface area contributed by atoms with Gasteiger partial charge in [-0.25, -0.2) is 0 Å². The van der Waals surface area contributed by atoms with Gasteiger partial charge in [0.15, 0.2) is 0 Å². The molecule has 0 saturated heterocycles. The zero-order chi connectivity index (χ0) is 10.1. The lowest BCUT2D eigenvalue weighted by atomic mass is 10.2. The number of nitrogen functional groups attached to an aromatic ring is 1. The van der Waals surface area contributed by atoms with Gasteiger partial charge in [-0.3, -0.25) is 5.41 Å². The fourth-order valence-electron chi connectivity index (χ4n) is 1.34. The summed E-state index contributed by atoms with van der Waals surface area (Å²) in [5.41, 5.74) is 5.42. The van der Waals surface area contributed by atoms with Crippen LogP contribution in [0.3, 0.4) is 0 Å². The van der Waals surface area contributed by atoms with E-state index < -0.39 is 0 Å². The Kier molecular flexibility index (Phi) is 3.55. The summed E-state index contributed by atoms with van der Waals surface area (Å²) in [6.07, 6.45) is 0. The Bertz CT molecular complexity index is 495. The Hall–Kier alpha value is -1.26. The summed E-state index contributed by atoms with van der Waals surface area (Å²) in [7, 11) is 1.64. The summed E-state index contributed by atoms with van der Waals surface area (Å²) in [4.78, 5) is 0.782. The molecule has 0 aliphatic carbocycles. The van der Waals surface area contributed by atoms with Crippen LogP contribution in [0.25, 0.3) is 10.1 Å². The molecule has 0 aliphatic rings. The first kappa shape index (κ1) is 11.8. The number of nitrogens with one attached hydrogen (secondary N) is 1. The average molecular weight is 243 g/mol. The minimum atomic E-state index is 0. The van der Waals surface area contributed by atoms with Crippen LogP contribution in [0, 0.1) is 5.41 Å². The third-order valence-corrected chi connectivity index (χ3v) is 3.14. The van der Waals surface area contributed by atoms with Gasteiger partial charge in [0.1, 0.15) is 11.6 Å². The van der Waals surface area contributed by atoms with Gasteiger partial charge in [-0.15, -0.1) is 23.7 Å². The minimum Gasteiger partial charge on any atom is -0.496 e. The Labute approximate surface area is 97.8 Å². The molecule has 0 fully saturated rings. The van der Waals surface area contributed by atoms with Gasteiger partial charge in [-0.1, -0.05) is 6.07 Å². The molecule has 3 N–H and O–H groups in total. The molecule has 0 spiro atoms. The molecule has 1 aromatic carbocycles. The Morgan fingerprint density at radius 3 is 2.80 bits per heavy atom. The molecule has 2 rings (SSSR count). The quantitative estimate of drug-likeness (QED) is 0.628. The van der Waals surface area contributed by atoms with E-state index in [1.54, 1.807) is 7.11 Å². The van der Waals surface area contributed by atoms with Crippen LogP contribution in [0.15, 0.2) is 24.3 Å². The van der Waals surface area contributed by atoms with Crippen molar-refractivity contribution in [3.8, 4) is 5.75 Å². The molecule has 0 atom stereocenters. The van der Waals surface area contributed by atoms with Crippen LogP contribution < -0.4 is 10.5 Å². The van der Waals surface area contributed by atoms with Gasteiger partial charge in [-0.05, 0) is 18.2 Å². The van der Waals surface area contributed by atoms with Gasteiger partial charge in [-0.2, -0.15) is 0 Å². The van der Waals surface area contributed by atoms with E-state index in [-0.39, 0.29) is 18.2 Å². The third-order valence-electron chi connectivity index (χ3n) is 2.01. The normalized spacial score (nSPS) is 9.67. The van der Waals surface area contributed by atoms with Gasteiger partial charge in [0.05, 0.1) is 12.0 Å². The number of hydrogen-bond acceptors (Lipinski definition) is 3. The van der Waals surface area contributed by atoms with Crippen LogP contribution in [-0.2, 0) is 0 Å². The lowest BCUT2D eigenvalue weighted by Crippen LogP contribution is -2.08. The number of fused-ring (bicyclic) bond motifs is 1. The second-order valence-electron chi connectivity index (χ2n) is 2.90. The maximum Gasteiger partial charge on any atom is 0.133 e. The molecule has 0 saturated carbocycles. The number of ether oxygens (including phenoxy) is 1. The van der Waals surface area contributed by atoms with Crippen molar-refractivity contribution in [2.75, 3.05) is 7.11 Å². The molecule has 1 aromatic heterocycles. The van der Waals surface area contributed by atoms with E-state index in [0.717, 1.165) is 20.7 Å². The number of amidine groups is 1. The molecule has 2 aromatic rings. The molecule has 15 heavy (non-hydrogen) atoms. The first-order chi connectivity index (χ1) is 6.72. The van der Waals surface area contributed by atoms with Crippen LogP contribution in [0.5, 0.6) is 5.75 Å². The summed E-state index contributed by atoms with van der Waals surface area (Å²) < 4.78 is 6.31. The second-order valence-corrected chi connectivity index (χ2v) is 3.98. The molecule has 0 unspecified atom stereocenters. The standard InChI is InChI=1S/C10H10N2OS.ClH/c1-13-7-3-2-4-8-6(7)5-9(14-8)10(11)12;/h2-5H,1H3,(H3,11,12);1H. The van der Waals surface area contributed by atoms with E-state index in [1.807, 2.05) is 24.3 Å². The predicted molar refractivity (Wildman–Crippen MR) is 66.6 cm³/mol. The molecule has 3 nitrogen and oxygen atoms in total. The number of thiophene rings is 1. The Morgan fingerprint density at radius 2 is 2.20 bits per heavy atom. The van der Waals surface area contributed by atoms with Crippen molar-refractivity contribution in [3.63, 3.8) is 0 Å². The number of nitrogens with two attached hydrogens (primary N) is 1. The SMILES string of the molecule is COc1cccc2sc(C(=N)N)cc12.Cl. The van der Waals surface area contributed by atoms with Gasteiger partial charge in [0, 0.05) is 10.1 Å². The van der Waals surface area contributed by atoms with Crippen LogP contribution in [0.2, 0.25) is 0 Å². The Balaban J connectivity index is 0.00000112. The van der Waals surface area contributed by atoms with Crippen molar-refractivity contribution in [1.29, 1.82) is 5.41 Å². The van der Waals surface area contributed by atoms with Gasteiger partial charge in [0.25, 0.3) is 0 Å². The lowest BCUT2D eigenvalue weighted by Gasteiger charge is -1.99. The molecule has 0 radical (unpaired) electrons. The summed E-state index contributed by atoms with van der Waals surface area (Å²) in [6, 6.07) is 7.72. The number of hydrogen-bond donors (Lipinski definition) is 2. The van der Waals surface area contributed by atoms with Gasteiger partial charge in [0.2, 0.25) is 0 Å². The lowest BCUT2D eigenvalue weighted by molar-refractivity contribution is 0.420. The number of methoxy groups -OCH3 is 1. The third kappa shape index (κ3) is 2.06. The van der Waals surface area contributed by atoms with Crippen molar-refractivity contribution < 1.29 is 4.74 Å². The van der Waals surface area contributed by atoms with Crippen molar-refractivity contribution in [1.82, 2.24) is 0 Å². The van der Waals surface area contributed by atoms with Crippen molar-refractivity contribution in [2.24, 2.45) is 5.73 Å². The largest absolute Gasteiger partial charge is 0.496 e. The first-order valence-electron chi connectivity index (χ1n) is 4.13. The topological polar surface area (TPSA) is 59.1 Å². The highest BCUT2D eigenvalue weighted by Gasteiger charge is 2.07. The molecule has 1 heterocycles. The molecular formula is C10H11ClN2OS. The van der Waals surface area contributed by atoms with E-state index in [2.05, 4.69) is 0 Å². The molecule has 0 amide bonds. The zero-order valence-electron chi connectivity index (χ0n) is 8.11. The average Bonchev–Trinajstić information content (AvgIpc) is 2.60. The van der Waals surface area contributed by atoms with E-state index >= 15 is 0 Å². The van der Waals surface area contributed by atoms with Crippen molar-refractivity contribution in [3.05, 3.63) is 29.1 Å². The van der Waals surface area contributed by atoms with Crippen LogP contribution in [0.1, 0.15) is 4.88 Å². The van der Waals surface area contributed by atoms with E-state index in [1.165, 1.54) is 11.3 Å². The zero-order valence-corrected chi connectivity index (χ0v) is 9.74. The maximum atomic E-state index is 7.34. The fourth-order valence-corrected chi connectivity index (χ4v) is 2.28. The van der Waals surface area contributed by atoms with Crippen molar-refractivity contribution in [2.45, 2.75) is 0 Å². The minimum absolute atomic E-state index is 0. The van der Waals surface area contributed by atoms with Crippen molar-refractivity contribution >= 4 is 39.7 Å². The summed E-state index contributed by atoms with van der Waals surface area (Å²) in [5.74, 6) is 0.930. The summed E-state index contributed by atoms with van der Waals surface area (Å²) >= 11 is 1.51. The van der Waals surface area contributed by atoms with E-state index in [9.17, 15) is 0 Å². The van der Waals surface area contributed by atoms with Gasteiger partial charge < -0.3 is 10.5 Å². The highest BCUT2D eigenvalue weighted by Crippen LogP contribution is 2.32. The van der Waals surface area contributed by atoms with Crippen LogP contribution in [0.4, 0.5) is 0 Å². The number of halogens is 1. The highest BCUT2D eigenvalue weighted by molar-refractivity contribution is 7.20. The maximum absolute atomic E-state index is 7.34. The molecule has 80 valence electrons. The van der Waals surface area contributed by atoms with Crippen LogP contribution in [-0.4, -0.2) is 12.9 Å². The molecule has 5 heteroatoms. The fraction of sp³-hybridized carbons (Fsp3) is 0.100. The molecule has 0 bridgehead atoms. The van der Waals surface area contributed by atoms with Gasteiger partial charge >= 0.3 is 0 Å². The molecule has 0 aliphatic heterocycles. The summed E-state index contributed by atoms with van der Waals surface area (Å²) in [6.45, 7) is 0. The summed E-state index contributed by atoms with van der Waals surface area (Å²) in [5, 5.41) is 8.36. The number of rotatable bonds is 2. The Morgan fingerprint density at radius 1 is 1.47 bits per heavy atom. The van der Waals surface area contributed by atoms with Crippen LogP contribution >= 0.6 is 23.7 Å². The smallest absolute Gasteiger partial charge is 0.133 e. The number of benzene rings is 1. The molecular weight excluding hydrogens is 232 g/mol. The highest BCUT2D eigenvalue weighted by atomic mass is 35.5.